The van der Waals surface area contributed by atoms with E-state index in [1.165, 1.54) is 0 Å². The van der Waals surface area contributed by atoms with E-state index in [1.807, 2.05) is 31.2 Å². The number of carbonyl (C=O) groups is 2. The number of fused-ring (bicyclic) bond motifs is 7. The molecule has 308 valence electrons. The average Bonchev–Trinajstić information content (AvgIpc) is 3.75. The number of pyridine rings is 1. The molecule has 6 bridgehead atoms. The van der Waals surface area contributed by atoms with Crippen molar-refractivity contribution in [2.75, 3.05) is 57.4 Å². The van der Waals surface area contributed by atoms with Gasteiger partial charge in [0.25, 0.3) is 0 Å². The number of aromatic nitrogens is 3. The summed E-state index contributed by atoms with van der Waals surface area (Å²) in [4.78, 5) is 48.0. The Morgan fingerprint density at radius 3 is 2.48 bits per heavy atom. The Morgan fingerprint density at radius 1 is 0.948 bits per heavy atom. The molecule has 58 heavy (non-hydrogen) atoms. The van der Waals surface area contributed by atoms with Gasteiger partial charge in [0.1, 0.15) is 29.4 Å². The lowest BCUT2D eigenvalue weighted by molar-refractivity contribution is 0.0742. The zero-order valence-electron chi connectivity index (χ0n) is 34.4. The molecule has 2 aromatic heterocycles. The minimum absolute atomic E-state index is 0.0654. The third-order valence-corrected chi connectivity index (χ3v) is 12.8. The first-order valence-corrected chi connectivity index (χ1v) is 21.0. The summed E-state index contributed by atoms with van der Waals surface area (Å²) in [5.41, 5.74) is 0.240. The van der Waals surface area contributed by atoms with Gasteiger partial charge in [-0.05, 0) is 128 Å². The summed E-state index contributed by atoms with van der Waals surface area (Å²) in [7, 11) is 0. The molecule has 6 aliphatic heterocycles. The second kappa shape index (κ2) is 14.5. The molecule has 8 heterocycles. The minimum atomic E-state index is -0.619. The maximum absolute atomic E-state index is 17.6. The lowest BCUT2D eigenvalue weighted by Gasteiger charge is -2.47. The summed E-state index contributed by atoms with van der Waals surface area (Å²) >= 11 is 0. The molecular formula is C44H55FN8O5. The van der Waals surface area contributed by atoms with Gasteiger partial charge in [-0.25, -0.2) is 14.0 Å². The van der Waals surface area contributed by atoms with Crippen molar-refractivity contribution in [3.05, 3.63) is 47.9 Å². The first-order valence-electron chi connectivity index (χ1n) is 21.0. The molecule has 0 spiro atoms. The lowest BCUT2D eigenvalue weighted by Crippen LogP contribution is -2.67. The number of nitrogens with one attached hydrogen (secondary N) is 2. The van der Waals surface area contributed by atoms with E-state index in [-0.39, 0.29) is 46.2 Å². The fraction of sp³-hybridized carbons (Fsp3) is 0.568. The highest BCUT2D eigenvalue weighted by molar-refractivity contribution is 6.02. The van der Waals surface area contributed by atoms with Crippen LogP contribution in [0.3, 0.4) is 0 Å². The van der Waals surface area contributed by atoms with E-state index in [0.717, 1.165) is 68.0 Å². The maximum atomic E-state index is 17.6. The number of hydrogen-bond donors (Lipinski definition) is 2. The number of benzene rings is 2. The number of ether oxygens (including phenoxy) is 3. The van der Waals surface area contributed by atoms with E-state index in [0.29, 0.717) is 62.4 Å². The third kappa shape index (κ3) is 7.38. The predicted molar refractivity (Wildman–Crippen MR) is 220 cm³/mol. The van der Waals surface area contributed by atoms with E-state index in [9.17, 15) is 9.59 Å². The smallest absolute Gasteiger partial charge is 0.415 e. The van der Waals surface area contributed by atoms with Crippen LogP contribution in [0, 0.1) is 5.82 Å². The normalized spacial score (nSPS) is 24.1. The monoisotopic (exact) mass is 794 g/mol. The van der Waals surface area contributed by atoms with Crippen LogP contribution < -0.4 is 25.0 Å². The number of rotatable bonds is 4. The summed E-state index contributed by atoms with van der Waals surface area (Å²) in [6.07, 6.45) is 7.62. The largest absolute Gasteiger partial charge is 0.461 e. The van der Waals surface area contributed by atoms with Gasteiger partial charge in [-0.15, -0.1) is 0 Å². The Balaban J connectivity index is 1.18. The zero-order chi connectivity index (χ0) is 40.5. The number of anilines is 1. The van der Waals surface area contributed by atoms with Crippen molar-refractivity contribution in [1.29, 1.82) is 0 Å². The molecule has 4 fully saturated rings. The Kier molecular flexibility index (Phi) is 9.65. The van der Waals surface area contributed by atoms with Crippen molar-refractivity contribution >= 4 is 39.7 Å². The van der Waals surface area contributed by atoms with Gasteiger partial charge in [-0.3, -0.25) is 9.88 Å². The number of piperazine rings is 1. The van der Waals surface area contributed by atoms with Crippen LogP contribution in [0.5, 0.6) is 11.8 Å². The molecule has 1 atom stereocenters. The van der Waals surface area contributed by atoms with Gasteiger partial charge in [-0.2, -0.15) is 9.97 Å². The highest BCUT2D eigenvalue weighted by Crippen LogP contribution is 2.42. The molecule has 0 aliphatic carbocycles. The Labute approximate surface area is 339 Å². The molecule has 2 aromatic carbocycles. The fourth-order valence-corrected chi connectivity index (χ4v) is 10.6. The highest BCUT2D eigenvalue weighted by atomic mass is 19.1. The Bertz CT molecular complexity index is 2260. The molecule has 6 aliphatic rings. The zero-order valence-corrected chi connectivity index (χ0v) is 34.4. The average molecular weight is 795 g/mol. The first kappa shape index (κ1) is 38.7. The fourth-order valence-electron chi connectivity index (χ4n) is 10.6. The summed E-state index contributed by atoms with van der Waals surface area (Å²) in [6, 6.07) is 9.49. The number of carbonyl (C=O) groups excluding carboxylic acids is 2. The standard InChI is InChI=1S/C44H55FN8O5/c1-41(2)24-52(25-42(3,4)50-41)40(55)58-30-21-29-12-6-11-28-13-7-20-56-39(54)49-43(5)14-8-17-51(26-43)37-32-23-46-35(31(22-30)33(28)29)34(45)36(32)47-38(48-37)57-27-44-15-9-18-53(44)19-10-16-44/h6,11-12,21-23,50H,7-10,13-20,24-27H2,1-5H3,(H,49,54). The second-order valence-electron chi connectivity index (χ2n) is 18.8. The molecule has 4 aromatic rings. The van der Waals surface area contributed by atoms with E-state index in [1.54, 1.807) is 17.2 Å². The summed E-state index contributed by atoms with van der Waals surface area (Å²) in [5, 5.41) is 8.70. The van der Waals surface area contributed by atoms with Crippen LogP contribution in [0.1, 0.15) is 85.1 Å². The van der Waals surface area contributed by atoms with Crippen LogP contribution in [0.2, 0.25) is 0 Å². The van der Waals surface area contributed by atoms with Gasteiger partial charge in [0.15, 0.2) is 5.82 Å². The van der Waals surface area contributed by atoms with Crippen LogP contribution in [-0.2, 0) is 11.2 Å². The molecule has 2 N–H and O–H groups in total. The molecule has 4 saturated heterocycles. The van der Waals surface area contributed by atoms with E-state index in [4.69, 9.17) is 29.2 Å². The van der Waals surface area contributed by atoms with Crippen molar-refractivity contribution in [1.82, 2.24) is 35.4 Å². The van der Waals surface area contributed by atoms with Gasteiger partial charge in [0.05, 0.1) is 23.1 Å². The number of piperidine rings is 1. The predicted octanol–water partition coefficient (Wildman–Crippen LogP) is 6.98. The van der Waals surface area contributed by atoms with Crippen molar-refractivity contribution in [2.24, 2.45) is 0 Å². The number of nitrogens with zero attached hydrogens (tertiary/aromatic N) is 6. The molecular weight excluding hydrogens is 740 g/mol. The quantitative estimate of drug-likeness (QED) is 0.222. The number of aryl methyl sites for hydroxylation is 1. The number of alkyl carbamates (subject to hydrolysis) is 1. The van der Waals surface area contributed by atoms with Crippen LogP contribution >= 0.6 is 0 Å². The molecule has 0 saturated carbocycles. The topological polar surface area (TPSA) is 134 Å². The van der Waals surface area contributed by atoms with E-state index < -0.39 is 23.5 Å². The van der Waals surface area contributed by atoms with Crippen LogP contribution in [0.4, 0.5) is 19.8 Å². The highest BCUT2D eigenvalue weighted by Gasteiger charge is 2.45. The van der Waals surface area contributed by atoms with Gasteiger partial charge >= 0.3 is 18.2 Å². The van der Waals surface area contributed by atoms with Gasteiger partial charge in [0, 0.05) is 49.0 Å². The van der Waals surface area contributed by atoms with Crippen molar-refractivity contribution in [3.8, 4) is 23.0 Å². The molecule has 13 nitrogen and oxygen atoms in total. The number of hydrogen-bond acceptors (Lipinski definition) is 11. The van der Waals surface area contributed by atoms with Gasteiger partial charge in [-0.1, -0.05) is 18.2 Å². The second-order valence-corrected chi connectivity index (χ2v) is 18.8. The first-order chi connectivity index (χ1) is 27.7. The maximum Gasteiger partial charge on any atom is 0.415 e. The SMILES string of the molecule is CC1(C)CN(C(=O)Oc2cc3c4c(cccc4c2)CCCOC(=O)NC2(C)CCCN(C2)c2nc(OCC45CCCN4CCC5)nc4c(F)c-3ncc24)CC(C)(C)N1. The van der Waals surface area contributed by atoms with Crippen LogP contribution in [0.15, 0.2) is 36.5 Å². The van der Waals surface area contributed by atoms with Gasteiger partial charge in [0.2, 0.25) is 0 Å². The van der Waals surface area contributed by atoms with Crippen LogP contribution in [0.25, 0.3) is 32.9 Å². The van der Waals surface area contributed by atoms with E-state index in [2.05, 4.69) is 48.1 Å². The molecule has 14 heteroatoms. The summed E-state index contributed by atoms with van der Waals surface area (Å²) < 4.78 is 36.0. The number of amides is 2. The van der Waals surface area contributed by atoms with E-state index >= 15 is 4.39 Å². The van der Waals surface area contributed by atoms with Crippen LogP contribution in [-0.4, -0.2) is 112 Å². The molecule has 0 radical (unpaired) electrons. The lowest BCUT2D eigenvalue weighted by atomic mass is 9.91. The summed E-state index contributed by atoms with van der Waals surface area (Å²) in [5.74, 6) is 0.173. The minimum Gasteiger partial charge on any atom is -0.461 e. The summed E-state index contributed by atoms with van der Waals surface area (Å²) in [6.45, 7) is 15.0. The number of halogens is 1. The van der Waals surface area contributed by atoms with Crippen molar-refractivity contribution in [3.63, 3.8) is 0 Å². The van der Waals surface area contributed by atoms with Crippen molar-refractivity contribution in [2.45, 2.75) is 108 Å². The Morgan fingerprint density at radius 2 is 1.71 bits per heavy atom. The van der Waals surface area contributed by atoms with Crippen molar-refractivity contribution < 1.29 is 28.2 Å². The Hall–Kier alpha value is -4.82. The molecule has 1 unspecified atom stereocenters. The molecule has 10 rings (SSSR count). The molecule has 2 amide bonds. The van der Waals surface area contributed by atoms with Gasteiger partial charge < -0.3 is 34.6 Å². The third-order valence-electron chi connectivity index (χ3n) is 12.8.